The van der Waals surface area contributed by atoms with Crippen LogP contribution in [0.3, 0.4) is 0 Å². The molecule has 3 nitrogen and oxygen atoms in total. The molecule has 0 aliphatic rings. The van der Waals surface area contributed by atoms with E-state index in [-0.39, 0.29) is 12.0 Å². The van der Waals surface area contributed by atoms with Crippen molar-refractivity contribution < 1.29 is 9.90 Å². The molecule has 0 saturated heterocycles. The van der Waals surface area contributed by atoms with E-state index in [1.807, 2.05) is 24.3 Å². The van der Waals surface area contributed by atoms with Crippen molar-refractivity contribution in [2.24, 2.45) is 0 Å². The summed E-state index contributed by atoms with van der Waals surface area (Å²) in [5.74, 6) is -0.0757. The molecule has 0 spiro atoms. The van der Waals surface area contributed by atoms with Crippen LogP contribution in [0.1, 0.15) is 19.4 Å². The third-order valence-electron chi connectivity index (χ3n) is 1.81. The average molecular weight is 193 g/mol. The molecule has 2 N–H and O–H groups in total. The van der Waals surface area contributed by atoms with Gasteiger partial charge < -0.3 is 10.4 Å². The molecule has 1 rings (SSSR count). The Balaban J connectivity index is 2.63. The molecule has 1 amide bonds. The van der Waals surface area contributed by atoms with Crippen LogP contribution in [0.25, 0.3) is 0 Å². The molecule has 3 heteroatoms. The zero-order valence-corrected chi connectivity index (χ0v) is 8.45. The van der Waals surface area contributed by atoms with E-state index in [0.717, 1.165) is 11.3 Å². The minimum Gasteiger partial charge on any atom is -0.393 e. The van der Waals surface area contributed by atoms with Crippen molar-refractivity contribution in [1.29, 1.82) is 0 Å². The summed E-state index contributed by atoms with van der Waals surface area (Å²) in [6, 6.07) is 7.47. The van der Waals surface area contributed by atoms with Crippen LogP contribution in [0.5, 0.6) is 0 Å². The van der Waals surface area contributed by atoms with E-state index < -0.39 is 0 Å². The molecule has 1 unspecified atom stereocenters. The van der Waals surface area contributed by atoms with Gasteiger partial charge in [0.25, 0.3) is 0 Å². The van der Waals surface area contributed by atoms with Crippen molar-refractivity contribution in [3.8, 4) is 0 Å². The van der Waals surface area contributed by atoms with Gasteiger partial charge in [-0.15, -0.1) is 0 Å². The van der Waals surface area contributed by atoms with Gasteiger partial charge in [0.1, 0.15) is 0 Å². The average Bonchev–Trinajstić information content (AvgIpc) is 2.06. The van der Waals surface area contributed by atoms with E-state index in [0.29, 0.717) is 6.42 Å². The summed E-state index contributed by atoms with van der Waals surface area (Å²) in [6.45, 7) is 3.23. The molecular formula is C11H15NO2. The highest BCUT2D eigenvalue weighted by atomic mass is 16.3. The van der Waals surface area contributed by atoms with E-state index in [1.54, 1.807) is 6.92 Å². The Morgan fingerprint density at radius 1 is 1.43 bits per heavy atom. The van der Waals surface area contributed by atoms with Crippen LogP contribution >= 0.6 is 0 Å². The molecule has 0 radical (unpaired) electrons. The summed E-state index contributed by atoms with van der Waals surface area (Å²) >= 11 is 0. The maximum absolute atomic E-state index is 10.7. The Bertz CT molecular complexity index is 304. The van der Waals surface area contributed by atoms with Crippen molar-refractivity contribution in [3.05, 3.63) is 29.8 Å². The number of aliphatic hydroxyl groups excluding tert-OH is 1. The van der Waals surface area contributed by atoms with Crippen LogP contribution in [0.2, 0.25) is 0 Å². The molecule has 0 aromatic heterocycles. The number of anilines is 1. The number of hydrogen-bond donors (Lipinski definition) is 2. The Hall–Kier alpha value is -1.35. The van der Waals surface area contributed by atoms with Gasteiger partial charge in [-0.25, -0.2) is 0 Å². The summed E-state index contributed by atoms with van der Waals surface area (Å²) in [6.07, 6.45) is 0.307. The highest BCUT2D eigenvalue weighted by molar-refractivity contribution is 5.88. The van der Waals surface area contributed by atoms with Gasteiger partial charge in [-0.05, 0) is 31.0 Å². The quantitative estimate of drug-likeness (QED) is 0.765. The van der Waals surface area contributed by atoms with Gasteiger partial charge in [-0.3, -0.25) is 4.79 Å². The minimum atomic E-state index is -0.332. The third kappa shape index (κ3) is 3.58. The molecule has 0 heterocycles. The van der Waals surface area contributed by atoms with Crippen LogP contribution in [0.4, 0.5) is 5.69 Å². The summed E-state index contributed by atoms with van der Waals surface area (Å²) in [5, 5.41) is 11.8. The lowest BCUT2D eigenvalue weighted by Crippen LogP contribution is -2.06. The van der Waals surface area contributed by atoms with E-state index in [1.165, 1.54) is 6.92 Å². The Morgan fingerprint density at radius 2 is 2.00 bits per heavy atom. The maximum atomic E-state index is 10.7. The molecule has 1 aromatic rings. The molecule has 14 heavy (non-hydrogen) atoms. The summed E-state index contributed by atoms with van der Waals surface area (Å²) in [4.78, 5) is 10.7. The number of nitrogens with one attached hydrogen (secondary N) is 1. The molecule has 0 aliphatic carbocycles. The van der Waals surface area contributed by atoms with Crippen molar-refractivity contribution in [2.75, 3.05) is 5.32 Å². The standard InChI is InChI=1S/C11H15NO2/c1-8(13)7-10-3-5-11(6-4-10)12-9(2)14/h3-6,8,13H,7H2,1-2H3,(H,12,14). The number of benzene rings is 1. The number of amides is 1. The van der Waals surface area contributed by atoms with Crippen molar-refractivity contribution in [2.45, 2.75) is 26.4 Å². The van der Waals surface area contributed by atoms with Crippen LogP contribution < -0.4 is 5.32 Å². The molecule has 0 aliphatic heterocycles. The topological polar surface area (TPSA) is 49.3 Å². The van der Waals surface area contributed by atoms with Crippen molar-refractivity contribution in [3.63, 3.8) is 0 Å². The zero-order valence-electron chi connectivity index (χ0n) is 8.45. The SMILES string of the molecule is CC(=O)Nc1ccc(CC(C)O)cc1. The Morgan fingerprint density at radius 3 is 2.43 bits per heavy atom. The van der Waals surface area contributed by atoms with Crippen molar-refractivity contribution >= 4 is 11.6 Å². The van der Waals surface area contributed by atoms with Crippen molar-refractivity contribution in [1.82, 2.24) is 0 Å². The van der Waals surface area contributed by atoms with E-state index in [9.17, 15) is 4.79 Å². The van der Waals surface area contributed by atoms with Gasteiger partial charge in [0.2, 0.25) is 5.91 Å². The minimum absolute atomic E-state index is 0.0757. The Kier molecular flexibility index (Phi) is 3.65. The lowest BCUT2D eigenvalue weighted by molar-refractivity contribution is -0.114. The zero-order chi connectivity index (χ0) is 10.6. The lowest BCUT2D eigenvalue weighted by Gasteiger charge is -2.06. The van der Waals surface area contributed by atoms with E-state index >= 15 is 0 Å². The molecular weight excluding hydrogens is 178 g/mol. The normalized spacial score (nSPS) is 12.2. The molecule has 1 aromatic carbocycles. The first-order chi connectivity index (χ1) is 6.58. The number of hydrogen-bond acceptors (Lipinski definition) is 2. The fraction of sp³-hybridized carbons (Fsp3) is 0.364. The number of carbonyl (C=O) groups is 1. The van der Waals surface area contributed by atoms with Crippen LogP contribution in [-0.4, -0.2) is 17.1 Å². The summed E-state index contributed by atoms with van der Waals surface area (Å²) in [5.41, 5.74) is 1.85. The second-order valence-corrected chi connectivity index (χ2v) is 3.43. The third-order valence-corrected chi connectivity index (χ3v) is 1.81. The summed E-state index contributed by atoms with van der Waals surface area (Å²) in [7, 11) is 0. The molecule has 0 saturated carbocycles. The fourth-order valence-corrected chi connectivity index (χ4v) is 1.27. The van der Waals surface area contributed by atoms with E-state index in [2.05, 4.69) is 5.32 Å². The van der Waals surface area contributed by atoms with E-state index in [4.69, 9.17) is 5.11 Å². The van der Waals surface area contributed by atoms with Gasteiger partial charge in [0.05, 0.1) is 6.10 Å². The van der Waals surface area contributed by atoms with Gasteiger partial charge in [0, 0.05) is 12.6 Å². The Labute approximate surface area is 83.8 Å². The molecule has 0 fully saturated rings. The summed E-state index contributed by atoms with van der Waals surface area (Å²) < 4.78 is 0. The molecule has 1 atom stereocenters. The number of carbonyl (C=O) groups excluding carboxylic acids is 1. The second kappa shape index (κ2) is 4.77. The first kappa shape index (κ1) is 10.7. The number of rotatable bonds is 3. The van der Waals surface area contributed by atoms with Gasteiger partial charge >= 0.3 is 0 Å². The first-order valence-corrected chi connectivity index (χ1v) is 4.62. The predicted octanol–water partition coefficient (Wildman–Crippen LogP) is 1.57. The van der Waals surface area contributed by atoms with Gasteiger partial charge in [-0.1, -0.05) is 12.1 Å². The largest absolute Gasteiger partial charge is 0.393 e. The maximum Gasteiger partial charge on any atom is 0.221 e. The van der Waals surface area contributed by atoms with Gasteiger partial charge in [0.15, 0.2) is 0 Å². The highest BCUT2D eigenvalue weighted by Gasteiger charge is 1.99. The number of aliphatic hydroxyl groups is 1. The molecule has 76 valence electrons. The lowest BCUT2D eigenvalue weighted by atomic mass is 10.1. The van der Waals surface area contributed by atoms with Crippen LogP contribution in [0, 0.1) is 0 Å². The van der Waals surface area contributed by atoms with Crippen LogP contribution in [0.15, 0.2) is 24.3 Å². The highest BCUT2D eigenvalue weighted by Crippen LogP contribution is 2.10. The predicted molar refractivity (Wildman–Crippen MR) is 56.1 cm³/mol. The first-order valence-electron chi connectivity index (χ1n) is 4.62. The van der Waals surface area contributed by atoms with Gasteiger partial charge in [-0.2, -0.15) is 0 Å². The smallest absolute Gasteiger partial charge is 0.221 e. The monoisotopic (exact) mass is 193 g/mol. The fourth-order valence-electron chi connectivity index (χ4n) is 1.27. The second-order valence-electron chi connectivity index (χ2n) is 3.43. The van der Waals surface area contributed by atoms with Crippen LogP contribution in [-0.2, 0) is 11.2 Å². The molecule has 0 bridgehead atoms.